The third kappa shape index (κ3) is 60.2. The Morgan fingerprint density at radius 1 is 0.284 bits per heavy atom. The van der Waals surface area contributed by atoms with E-state index in [1.807, 2.05) is 6.08 Å². The van der Waals surface area contributed by atoms with Crippen LogP contribution in [0.3, 0.4) is 0 Å². The Kier molecular flexibility index (Phi) is 60.7. The highest BCUT2D eigenvalue weighted by Gasteiger charge is 2.19. The Balaban J connectivity index is 4.28. The van der Waals surface area contributed by atoms with E-state index in [4.69, 9.17) is 14.2 Å². The lowest BCUT2D eigenvalue weighted by atomic mass is 10.0. The van der Waals surface area contributed by atoms with Crippen molar-refractivity contribution in [2.75, 3.05) is 13.2 Å². The lowest BCUT2D eigenvalue weighted by molar-refractivity contribution is -0.166. The molecule has 0 N–H and O–H groups in total. The van der Waals surface area contributed by atoms with Crippen LogP contribution in [-0.2, 0) is 28.6 Å². The lowest BCUT2D eigenvalue weighted by Crippen LogP contribution is -2.30. The molecular weight excluding hydrogens is 913 g/mol. The van der Waals surface area contributed by atoms with Crippen LogP contribution in [0.2, 0.25) is 0 Å². The van der Waals surface area contributed by atoms with Crippen molar-refractivity contribution in [3.8, 4) is 0 Å². The summed E-state index contributed by atoms with van der Waals surface area (Å²) in [5.41, 5.74) is 0. The molecule has 0 radical (unpaired) electrons. The monoisotopic (exact) mass is 1040 g/mol. The summed E-state index contributed by atoms with van der Waals surface area (Å²) in [6, 6.07) is 0. The summed E-state index contributed by atoms with van der Waals surface area (Å²) in [6.45, 7) is 6.53. The number of esters is 3. The molecule has 74 heavy (non-hydrogen) atoms. The highest BCUT2D eigenvalue weighted by Crippen LogP contribution is 2.18. The van der Waals surface area contributed by atoms with Crippen LogP contribution in [0.5, 0.6) is 0 Å². The van der Waals surface area contributed by atoms with Gasteiger partial charge >= 0.3 is 17.9 Å². The first-order chi connectivity index (χ1) is 36.5. The van der Waals surface area contributed by atoms with Crippen LogP contribution in [-0.4, -0.2) is 37.2 Å². The number of rotatable bonds is 60. The maximum atomic E-state index is 12.9. The van der Waals surface area contributed by atoms with Gasteiger partial charge in [-0.15, -0.1) is 0 Å². The molecule has 0 bridgehead atoms. The molecule has 0 aromatic rings. The van der Waals surface area contributed by atoms with Crippen molar-refractivity contribution in [2.24, 2.45) is 0 Å². The van der Waals surface area contributed by atoms with Gasteiger partial charge in [-0.3, -0.25) is 14.4 Å². The molecule has 0 spiro atoms. The number of ether oxygens (including phenoxy) is 3. The summed E-state index contributed by atoms with van der Waals surface area (Å²) in [5, 5.41) is 0. The molecular formula is C68H124O6. The minimum atomic E-state index is -0.799. The standard InChI is InChI=1S/C68H124O6/c1-4-7-10-13-16-19-22-25-27-29-31-32-33-34-35-37-38-40-43-46-49-52-55-58-61-67(70)73-64-65(63-72-66(69)60-57-54-51-48-45-42-24-21-18-15-12-9-6-3)74-68(71)62-59-56-53-50-47-44-41-39-36-30-28-26-23-20-17-14-11-8-5-2/h9,12,18,21,42,45,51,54,65H,4-8,10-11,13-17,19-20,22-41,43-44,46-50,52-53,55-64H2,1-3H3/b12-9-,21-18-,45-42-,54-51-. The number of unbranched alkanes of at least 4 members (excludes halogenated alkanes) is 41. The van der Waals surface area contributed by atoms with E-state index < -0.39 is 6.10 Å². The second-order valence-corrected chi connectivity index (χ2v) is 22.0. The SMILES string of the molecule is CC/C=C\C/C=C\C/C=C\C/C=C\CCC(=O)OCC(COC(=O)CCCCCCCCCCCCCCCCCCCCCCCCCC)OC(=O)CCCCCCCCCCCCCCCCCCCCC. The first-order valence-corrected chi connectivity index (χ1v) is 32.6. The minimum absolute atomic E-state index is 0.0900. The Morgan fingerprint density at radius 3 is 0.824 bits per heavy atom. The Labute approximate surface area is 460 Å². The van der Waals surface area contributed by atoms with Gasteiger partial charge in [-0.25, -0.2) is 0 Å². The number of hydrogen-bond acceptors (Lipinski definition) is 6. The first-order valence-electron chi connectivity index (χ1n) is 32.6. The second kappa shape index (κ2) is 62.9. The van der Waals surface area contributed by atoms with Crippen molar-refractivity contribution in [1.29, 1.82) is 0 Å². The molecule has 0 aromatic carbocycles. The van der Waals surface area contributed by atoms with Crippen molar-refractivity contribution >= 4 is 17.9 Å². The van der Waals surface area contributed by atoms with Gasteiger partial charge < -0.3 is 14.2 Å². The van der Waals surface area contributed by atoms with Gasteiger partial charge in [0.2, 0.25) is 0 Å². The van der Waals surface area contributed by atoms with Gasteiger partial charge in [-0.2, -0.15) is 0 Å². The van der Waals surface area contributed by atoms with Crippen LogP contribution in [0.25, 0.3) is 0 Å². The van der Waals surface area contributed by atoms with E-state index in [0.717, 1.165) is 64.2 Å². The van der Waals surface area contributed by atoms with Gasteiger partial charge in [-0.1, -0.05) is 333 Å². The van der Waals surface area contributed by atoms with Gasteiger partial charge in [0, 0.05) is 19.3 Å². The molecule has 0 aliphatic heterocycles. The molecule has 432 valence electrons. The molecule has 0 saturated heterocycles. The topological polar surface area (TPSA) is 78.9 Å². The van der Waals surface area contributed by atoms with E-state index in [2.05, 4.69) is 63.3 Å². The first kappa shape index (κ1) is 71.4. The number of hydrogen-bond donors (Lipinski definition) is 0. The van der Waals surface area contributed by atoms with Crippen molar-refractivity contribution in [1.82, 2.24) is 0 Å². The molecule has 1 unspecified atom stereocenters. The molecule has 0 saturated carbocycles. The van der Waals surface area contributed by atoms with Crippen LogP contribution >= 0.6 is 0 Å². The highest BCUT2D eigenvalue weighted by molar-refractivity contribution is 5.71. The summed E-state index contributed by atoms with van der Waals surface area (Å²) in [6.07, 6.45) is 78.7. The maximum Gasteiger partial charge on any atom is 0.306 e. The Hall–Kier alpha value is -2.63. The summed E-state index contributed by atoms with van der Waals surface area (Å²) in [4.78, 5) is 38.2. The third-order valence-corrected chi connectivity index (χ3v) is 14.6. The highest BCUT2D eigenvalue weighted by atomic mass is 16.6. The fourth-order valence-corrected chi connectivity index (χ4v) is 9.76. The summed E-state index contributed by atoms with van der Waals surface area (Å²) in [5.74, 6) is -0.952. The molecule has 0 heterocycles. The molecule has 0 aliphatic carbocycles. The fraction of sp³-hybridized carbons (Fsp3) is 0.838. The van der Waals surface area contributed by atoms with E-state index in [-0.39, 0.29) is 37.5 Å². The van der Waals surface area contributed by atoms with E-state index in [9.17, 15) is 14.4 Å². The predicted molar refractivity (Wildman–Crippen MR) is 321 cm³/mol. The zero-order valence-corrected chi connectivity index (χ0v) is 49.6. The summed E-state index contributed by atoms with van der Waals surface area (Å²) < 4.78 is 16.9. The van der Waals surface area contributed by atoms with Gasteiger partial charge in [0.05, 0.1) is 0 Å². The van der Waals surface area contributed by atoms with Crippen LogP contribution in [0.15, 0.2) is 48.6 Å². The van der Waals surface area contributed by atoms with E-state index >= 15 is 0 Å². The molecule has 0 aromatic heterocycles. The third-order valence-electron chi connectivity index (χ3n) is 14.6. The Morgan fingerprint density at radius 2 is 0.527 bits per heavy atom. The molecule has 0 aliphatic rings. The van der Waals surface area contributed by atoms with E-state index in [0.29, 0.717) is 19.3 Å². The Bertz CT molecular complexity index is 1280. The largest absolute Gasteiger partial charge is 0.462 e. The zero-order valence-electron chi connectivity index (χ0n) is 49.6. The predicted octanol–water partition coefficient (Wildman–Crippen LogP) is 22.2. The molecule has 0 fully saturated rings. The minimum Gasteiger partial charge on any atom is -0.462 e. The lowest BCUT2D eigenvalue weighted by Gasteiger charge is -2.18. The second-order valence-electron chi connectivity index (χ2n) is 22.0. The van der Waals surface area contributed by atoms with Gasteiger partial charge in [-0.05, 0) is 44.9 Å². The fourth-order valence-electron chi connectivity index (χ4n) is 9.76. The van der Waals surface area contributed by atoms with Crippen LogP contribution in [0.4, 0.5) is 0 Å². The maximum absolute atomic E-state index is 12.9. The summed E-state index contributed by atoms with van der Waals surface area (Å²) >= 11 is 0. The number of carbonyl (C=O) groups is 3. The van der Waals surface area contributed by atoms with Crippen LogP contribution < -0.4 is 0 Å². The smallest absolute Gasteiger partial charge is 0.306 e. The van der Waals surface area contributed by atoms with E-state index in [1.54, 1.807) is 0 Å². The molecule has 1 atom stereocenters. The average molecular weight is 1040 g/mol. The van der Waals surface area contributed by atoms with Gasteiger partial charge in [0.25, 0.3) is 0 Å². The normalized spacial score (nSPS) is 12.3. The quantitative estimate of drug-likeness (QED) is 0.0261. The zero-order chi connectivity index (χ0) is 53.6. The van der Waals surface area contributed by atoms with E-state index in [1.165, 1.54) is 238 Å². The average Bonchev–Trinajstić information content (AvgIpc) is 3.40. The van der Waals surface area contributed by atoms with Crippen LogP contribution in [0, 0.1) is 0 Å². The molecule has 0 rings (SSSR count). The van der Waals surface area contributed by atoms with Crippen molar-refractivity contribution in [2.45, 2.75) is 354 Å². The van der Waals surface area contributed by atoms with Crippen molar-refractivity contribution in [3.05, 3.63) is 48.6 Å². The number of carbonyl (C=O) groups excluding carboxylic acids is 3. The van der Waals surface area contributed by atoms with Gasteiger partial charge in [0.15, 0.2) is 6.10 Å². The van der Waals surface area contributed by atoms with Gasteiger partial charge in [0.1, 0.15) is 13.2 Å². The summed E-state index contributed by atoms with van der Waals surface area (Å²) in [7, 11) is 0. The van der Waals surface area contributed by atoms with Crippen LogP contribution in [0.1, 0.15) is 348 Å². The molecule has 0 amide bonds. The molecule has 6 nitrogen and oxygen atoms in total. The number of allylic oxidation sites excluding steroid dienone is 8. The van der Waals surface area contributed by atoms with Crippen molar-refractivity contribution < 1.29 is 28.6 Å². The van der Waals surface area contributed by atoms with Crippen molar-refractivity contribution in [3.63, 3.8) is 0 Å². The molecule has 6 heteroatoms.